The van der Waals surface area contributed by atoms with Gasteiger partial charge in [0.15, 0.2) is 0 Å². The lowest BCUT2D eigenvalue weighted by Crippen LogP contribution is -2.19. The van der Waals surface area contributed by atoms with Gasteiger partial charge in [-0.3, -0.25) is 0 Å². The second-order valence-electron chi connectivity index (χ2n) is 4.30. The van der Waals surface area contributed by atoms with Crippen molar-refractivity contribution in [3.8, 4) is 0 Å². The van der Waals surface area contributed by atoms with Gasteiger partial charge >= 0.3 is 0 Å². The van der Waals surface area contributed by atoms with E-state index in [1.807, 2.05) is 25.2 Å². The molecule has 0 saturated heterocycles. The third kappa shape index (κ3) is 3.82. The zero-order valence-corrected chi connectivity index (χ0v) is 14.4. The van der Waals surface area contributed by atoms with Crippen molar-refractivity contribution in [2.75, 3.05) is 7.05 Å². The summed E-state index contributed by atoms with van der Waals surface area (Å²) in [6.45, 7) is 0. The predicted octanol–water partition coefficient (Wildman–Crippen LogP) is 5.37. The summed E-state index contributed by atoms with van der Waals surface area (Å²) in [5.41, 5.74) is 2.38. The average Bonchev–Trinajstić information content (AvgIpc) is 2.39. The molecule has 0 fully saturated rings. The smallest absolute Gasteiger partial charge is 0.0438 e. The normalized spacial score (nSPS) is 12.4. The second-order valence-corrected chi connectivity index (χ2v) is 6.48. The van der Waals surface area contributed by atoms with Crippen molar-refractivity contribution >= 4 is 43.5 Å². The molecule has 4 heteroatoms. The van der Waals surface area contributed by atoms with Crippen LogP contribution < -0.4 is 5.32 Å². The maximum absolute atomic E-state index is 6.23. The fraction of sp³-hybridized carbons (Fsp3) is 0.200. The van der Waals surface area contributed by atoms with E-state index >= 15 is 0 Å². The van der Waals surface area contributed by atoms with Crippen LogP contribution in [0.4, 0.5) is 0 Å². The van der Waals surface area contributed by atoms with Gasteiger partial charge in [0.1, 0.15) is 0 Å². The van der Waals surface area contributed by atoms with Crippen molar-refractivity contribution in [3.05, 3.63) is 67.6 Å². The number of hydrogen-bond acceptors (Lipinski definition) is 1. The number of halogens is 3. The van der Waals surface area contributed by atoms with Gasteiger partial charge in [0.2, 0.25) is 0 Å². The molecule has 0 aliphatic carbocycles. The summed E-state index contributed by atoms with van der Waals surface area (Å²) in [5, 5.41) is 4.17. The minimum absolute atomic E-state index is 0.224. The number of nitrogens with one attached hydrogen (secondary N) is 1. The van der Waals surface area contributed by atoms with Crippen LogP contribution in [0.3, 0.4) is 0 Å². The molecule has 2 rings (SSSR count). The van der Waals surface area contributed by atoms with Crippen LogP contribution >= 0.6 is 43.5 Å². The van der Waals surface area contributed by atoms with Gasteiger partial charge in [-0.15, -0.1) is 0 Å². The van der Waals surface area contributed by atoms with Gasteiger partial charge < -0.3 is 5.32 Å². The van der Waals surface area contributed by atoms with E-state index in [2.05, 4.69) is 61.4 Å². The van der Waals surface area contributed by atoms with Gasteiger partial charge in [-0.25, -0.2) is 0 Å². The van der Waals surface area contributed by atoms with Crippen molar-refractivity contribution in [1.29, 1.82) is 0 Å². The Labute approximate surface area is 135 Å². The molecule has 19 heavy (non-hydrogen) atoms. The Hall–Kier alpha value is -0.350. The highest BCUT2D eigenvalue weighted by atomic mass is 79.9. The van der Waals surface area contributed by atoms with Crippen LogP contribution in [0.1, 0.15) is 17.2 Å². The van der Waals surface area contributed by atoms with Gasteiger partial charge in [-0.2, -0.15) is 0 Å². The summed E-state index contributed by atoms with van der Waals surface area (Å²) in [6, 6.07) is 14.4. The Morgan fingerprint density at radius 3 is 2.53 bits per heavy atom. The molecule has 1 N–H and O–H groups in total. The van der Waals surface area contributed by atoms with E-state index < -0.39 is 0 Å². The first kappa shape index (κ1) is 15.0. The molecule has 1 atom stereocenters. The second kappa shape index (κ2) is 6.89. The van der Waals surface area contributed by atoms with Crippen LogP contribution in [0.15, 0.2) is 51.4 Å². The summed E-state index contributed by atoms with van der Waals surface area (Å²) < 4.78 is 2.16. The van der Waals surface area contributed by atoms with Crippen LogP contribution in [0.5, 0.6) is 0 Å². The van der Waals surface area contributed by atoms with Crippen LogP contribution in [-0.2, 0) is 6.42 Å². The van der Waals surface area contributed by atoms with Gasteiger partial charge in [-0.05, 0) is 42.8 Å². The zero-order valence-electron chi connectivity index (χ0n) is 10.5. The van der Waals surface area contributed by atoms with Crippen molar-refractivity contribution in [2.24, 2.45) is 0 Å². The summed E-state index contributed by atoms with van der Waals surface area (Å²) >= 11 is 13.3. The predicted molar refractivity (Wildman–Crippen MR) is 88.8 cm³/mol. The average molecular weight is 404 g/mol. The highest BCUT2D eigenvalue weighted by molar-refractivity contribution is 9.11. The van der Waals surface area contributed by atoms with Gasteiger partial charge in [0.05, 0.1) is 0 Å². The number of rotatable bonds is 4. The van der Waals surface area contributed by atoms with Crippen molar-refractivity contribution < 1.29 is 0 Å². The van der Waals surface area contributed by atoms with E-state index in [1.54, 1.807) is 0 Å². The molecular weight excluding hydrogens is 389 g/mol. The molecule has 0 bridgehead atoms. The quantitative estimate of drug-likeness (QED) is 0.724. The van der Waals surface area contributed by atoms with Crippen LogP contribution in [0.25, 0.3) is 0 Å². The van der Waals surface area contributed by atoms with Crippen LogP contribution in [-0.4, -0.2) is 7.05 Å². The minimum atomic E-state index is 0.224. The third-order valence-electron chi connectivity index (χ3n) is 3.07. The first-order valence-electron chi connectivity index (χ1n) is 5.97. The number of benzene rings is 2. The Morgan fingerprint density at radius 2 is 1.89 bits per heavy atom. The topological polar surface area (TPSA) is 12.0 Å². The maximum Gasteiger partial charge on any atom is 0.0438 e. The zero-order chi connectivity index (χ0) is 13.8. The van der Waals surface area contributed by atoms with E-state index in [0.717, 1.165) is 26.0 Å². The lowest BCUT2D eigenvalue weighted by atomic mass is 9.99. The fourth-order valence-electron chi connectivity index (χ4n) is 2.04. The van der Waals surface area contributed by atoms with Crippen molar-refractivity contribution in [1.82, 2.24) is 5.32 Å². The Kier molecular flexibility index (Phi) is 5.46. The third-order valence-corrected chi connectivity index (χ3v) is 4.62. The largest absolute Gasteiger partial charge is 0.313 e. The van der Waals surface area contributed by atoms with Crippen LogP contribution in [0.2, 0.25) is 5.02 Å². The molecule has 1 unspecified atom stereocenters. The molecule has 2 aromatic rings. The molecule has 0 aliphatic heterocycles. The Balaban J connectivity index is 2.28. The molecule has 0 heterocycles. The summed E-state index contributed by atoms with van der Waals surface area (Å²) in [7, 11) is 1.97. The fourth-order valence-corrected chi connectivity index (χ4v) is 3.57. The number of likely N-dealkylation sites (N-methyl/N-ethyl adjacent to an activating group) is 1. The van der Waals surface area contributed by atoms with Crippen LogP contribution in [0, 0.1) is 0 Å². The van der Waals surface area contributed by atoms with E-state index in [0.29, 0.717) is 0 Å². The monoisotopic (exact) mass is 401 g/mol. The van der Waals surface area contributed by atoms with E-state index in [1.165, 1.54) is 5.56 Å². The Morgan fingerprint density at radius 1 is 1.16 bits per heavy atom. The Bertz CT molecular complexity index is 572. The highest BCUT2D eigenvalue weighted by Gasteiger charge is 2.14. The number of hydrogen-bond donors (Lipinski definition) is 1. The molecule has 0 aliphatic rings. The summed E-state index contributed by atoms with van der Waals surface area (Å²) in [5.74, 6) is 0. The lowest BCUT2D eigenvalue weighted by Gasteiger charge is -2.19. The summed E-state index contributed by atoms with van der Waals surface area (Å²) in [6.07, 6.45) is 0.858. The minimum Gasteiger partial charge on any atom is -0.313 e. The maximum atomic E-state index is 6.23. The van der Waals surface area contributed by atoms with Gasteiger partial charge in [-0.1, -0.05) is 67.7 Å². The first-order valence-corrected chi connectivity index (χ1v) is 7.94. The highest BCUT2D eigenvalue weighted by Crippen LogP contribution is 2.30. The molecule has 1 nitrogen and oxygen atoms in total. The van der Waals surface area contributed by atoms with E-state index in [-0.39, 0.29) is 6.04 Å². The molecular formula is C15H14Br2ClN. The standard InChI is InChI=1S/C15H14Br2ClN/c1-19-15(8-10-4-2-3-5-14(10)18)12-7-6-11(16)9-13(12)17/h2-7,9,15,19H,8H2,1H3. The van der Waals surface area contributed by atoms with Gasteiger partial charge in [0, 0.05) is 20.0 Å². The van der Waals surface area contributed by atoms with Crippen molar-refractivity contribution in [2.45, 2.75) is 12.5 Å². The lowest BCUT2D eigenvalue weighted by molar-refractivity contribution is 0.590. The SMILES string of the molecule is CNC(Cc1ccccc1Cl)c1ccc(Br)cc1Br. The van der Waals surface area contributed by atoms with E-state index in [4.69, 9.17) is 11.6 Å². The van der Waals surface area contributed by atoms with Crippen molar-refractivity contribution in [3.63, 3.8) is 0 Å². The van der Waals surface area contributed by atoms with Gasteiger partial charge in [0.25, 0.3) is 0 Å². The molecule has 0 radical (unpaired) electrons. The van der Waals surface area contributed by atoms with E-state index in [9.17, 15) is 0 Å². The molecule has 0 spiro atoms. The molecule has 0 amide bonds. The molecule has 100 valence electrons. The molecule has 0 aromatic heterocycles. The first-order chi connectivity index (χ1) is 9.11. The summed E-state index contributed by atoms with van der Waals surface area (Å²) in [4.78, 5) is 0. The molecule has 2 aromatic carbocycles. The molecule has 0 saturated carbocycles.